The first-order chi connectivity index (χ1) is 7.26. The molecule has 0 N–H and O–H groups in total. The van der Waals surface area contributed by atoms with E-state index in [9.17, 15) is 0 Å². The summed E-state index contributed by atoms with van der Waals surface area (Å²) in [4.78, 5) is 0. The summed E-state index contributed by atoms with van der Waals surface area (Å²) < 4.78 is 10.7. The molecule has 0 amide bonds. The molecule has 1 rings (SSSR count). The van der Waals surface area contributed by atoms with E-state index in [1.807, 2.05) is 18.2 Å². The Morgan fingerprint density at radius 2 is 1.87 bits per heavy atom. The van der Waals surface area contributed by atoms with Crippen molar-refractivity contribution in [3.63, 3.8) is 0 Å². The fourth-order valence-corrected chi connectivity index (χ4v) is 1.06. The Hall–Kier alpha value is -1.69. The summed E-state index contributed by atoms with van der Waals surface area (Å²) in [6.07, 6.45) is 0.566. The molecule has 0 aromatic heterocycles. The maximum absolute atomic E-state index is 8.57. The average Bonchev–Trinajstić information content (AvgIpc) is 2.28. The van der Waals surface area contributed by atoms with Crippen molar-refractivity contribution in [1.82, 2.24) is 0 Å². The van der Waals surface area contributed by atoms with Crippen LogP contribution < -0.4 is 9.47 Å². The average molecular weight is 205 g/mol. The molecule has 0 bridgehead atoms. The molecule has 3 nitrogen and oxygen atoms in total. The molecule has 0 aliphatic heterocycles. The molecular weight excluding hydrogens is 190 g/mol. The third-order valence-electron chi connectivity index (χ3n) is 1.79. The van der Waals surface area contributed by atoms with Gasteiger partial charge in [0.2, 0.25) is 0 Å². The highest BCUT2D eigenvalue weighted by Gasteiger charge is 2.01. The van der Waals surface area contributed by atoms with Gasteiger partial charge in [-0.25, -0.2) is 0 Å². The molecule has 1 aromatic rings. The third-order valence-corrected chi connectivity index (χ3v) is 1.79. The van der Waals surface area contributed by atoms with E-state index in [0.717, 1.165) is 18.8 Å². The van der Waals surface area contributed by atoms with Crippen molar-refractivity contribution >= 4 is 0 Å². The SMILES string of the molecule is CCCOc1ccc(OC(C)C#N)cc1. The van der Waals surface area contributed by atoms with Crippen molar-refractivity contribution in [3.05, 3.63) is 24.3 Å². The van der Waals surface area contributed by atoms with Crippen LogP contribution in [0.15, 0.2) is 24.3 Å². The van der Waals surface area contributed by atoms with Crippen LogP contribution >= 0.6 is 0 Å². The zero-order chi connectivity index (χ0) is 11.1. The summed E-state index contributed by atoms with van der Waals surface area (Å²) in [6.45, 7) is 4.49. The number of hydrogen-bond donors (Lipinski definition) is 0. The van der Waals surface area contributed by atoms with Crippen LogP contribution in [0.25, 0.3) is 0 Å². The second-order valence-corrected chi connectivity index (χ2v) is 3.21. The van der Waals surface area contributed by atoms with E-state index < -0.39 is 6.10 Å². The summed E-state index contributed by atoms with van der Waals surface area (Å²) in [7, 11) is 0. The summed E-state index contributed by atoms with van der Waals surface area (Å²) >= 11 is 0. The Bertz CT molecular complexity index is 326. The molecule has 0 fully saturated rings. The largest absolute Gasteiger partial charge is 0.494 e. The quantitative estimate of drug-likeness (QED) is 0.742. The predicted octanol–water partition coefficient (Wildman–Crippen LogP) is 2.77. The van der Waals surface area contributed by atoms with Crippen LogP contribution in [0, 0.1) is 11.3 Å². The van der Waals surface area contributed by atoms with Gasteiger partial charge in [-0.1, -0.05) is 6.92 Å². The smallest absolute Gasteiger partial charge is 0.181 e. The minimum absolute atomic E-state index is 0.424. The number of benzene rings is 1. The van der Waals surface area contributed by atoms with E-state index in [1.165, 1.54) is 0 Å². The molecular formula is C12H15NO2. The van der Waals surface area contributed by atoms with Gasteiger partial charge >= 0.3 is 0 Å². The van der Waals surface area contributed by atoms with Gasteiger partial charge in [0, 0.05) is 0 Å². The maximum atomic E-state index is 8.57. The van der Waals surface area contributed by atoms with Gasteiger partial charge in [0.05, 0.1) is 6.61 Å². The van der Waals surface area contributed by atoms with Gasteiger partial charge in [-0.15, -0.1) is 0 Å². The molecule has 0 saturated heterocycles. The molecule has 0 aliphatic rings. The zero-order valence-corrected chi connectivity index (χ0v) is 9.06. The van der Waals surface area contributed by atoms with Crippen LogP contribution in [-0.4, -0.2) is 12.7 Å². The summed E-state index contributed by atoms with van der Waals surface area (Å²) in [5, 5.41) is 8.57. The highest BCUT2D eigenvalue weighted by molar-refractivity contribution is 5.31. The number of hydrogen-bond acceptors (Lipinski definition) is 3. The molecule has 3 heteroatoms. The van der Waals surface area contributed by atoms with Crippen molar-refractivity contribution in [2.75, 3.05) is 6.61 Å². The molecule has 1 atom stereocenters. The summed E-state index contributed by atoms with van der Waals surface area (Å²) in [5.41, 5.74) is 0. The normalized spacial score (nSPS) is 11.5. The molecule has 1 aromatic carbocycles. The van der Waals surface area contributed by atoms with Gasteiger partial charge in [0.25, 0.3) is 0 Å². The van der Waals surface area contributed by atoms with Crippen molar-refractivity contribution in [1.29, 1.82) is 5.26 Å². The third kappa shape index (κ3) is 3.90. The van der Waals surface area contributed by atoms with Crippen LogP contribution in [0.2, 0.25) is 0 Å². The molecule has 0 radical (unpaired) electrons. The number of nitrogens with zero attached hydrogens (tertiary/aromatic N) is 1. The van der Waals surface area contributed by atoms with Gasteiger partial charge in [0.1, 0.15) is 17.6 Å². The minimum atomic E-state index is -0.424. The van der Waals surface area contributed by atoms with Gasteiger partial charge < -0.3 is 9.47 Å². The van der Waals surface area contributed by atoms with Gasteiger partial charge in [0.15, 0.2) is 6.10 Å². The molecule has 1 unspecified atom stereocenters. The van der Waals surface area contributed by atoms with Crippen molar-refractivity contribution in [3.8, 4) is 17.6 Å². The van der Waals surface area contributed by atoms with Gasteiger partial charge in [-0.05, 0) is 37.6 Å². The van der Waals surface area contributed by atoms with Crippen molar-refractivity contribution in [2.45, 2.75) is 26.4 Å². The Labute approximate surface area is 90.2 Å². The van der Waals surface area contributed by atoms with E-state index in [2.05, 4.69) is 6.92 Å². The molecule has 0 heterocycles. The lowest BCUT2D eigenvalue weighted by atomic mass is 10.3. The van der Waals surface area contributed by atoms with Crippen LogP contribution in [0.5, 0.6) is 11.5 Å². The van der Waals surface area contributed by atoms with E-state index >= 15 is 0 Å². The van der Waals surface area contributed by atoms with E-state index in [-0.39, 0.29) is 0 Å². The maximum Gasteiger partial charge on any atom is 0.181 e. The van der Waals surface area contributed by atoms with Crippen LogP contribution in [0.1, 0.15) is 20.3 Å². The first-order valence-electron chi connectivity index (χ1n) is 5.05. The second kappa shape index (κ2) is 5.92. The summed E-state index contributed by atoms with van der Waals surface area (Å²) in [6, 6.07) is 9.30. The molecule has 15 heavy (non-hydrogen) atoms. The zero-order valence-electron chi connectivity index (χ0n) is 9.06. The Morgan fingerprint density at radius 1 is 1.27 bits per heavy atom. The number of rotatable bonds is 5. The lowest BCUT2D eigenvalue weighted by molar-refractivity contribution is 0.275. The molecule has 0 saturated carbocycles. The molecule has 0 spiro atoms. The predicted molar refractivity (Wildman–Crippen MR) is 57.9 cm³/mol. The number of ether oxygens (including phenoxy) is 2. The van der Waals surface area contributed by atoms with Crippen LogP contribution in [0.3, 0.4) is 0 Å². The lowest BCUT2D eigenvalue weighted by Crippen LogP contribution is -2.07. The first-order valence-corrected chi connectivity index (χ1v) is 5.05. The van der Waals surface area contributed by atoms with Crippen LogP contribution in [0.4, 0.5) is 0 Å². The van der Waals surface area contributed by atoms with E-state index in [4.69, 9.17) is 14.7 Å². The fraction of sp³-hybridized carbons (Fsp3) is 0.417. The molecule has 80 valence electrons. The van der Waals surface area contributed by atoms with Crippen molar-refractivity contribution < 1.29 is 9.47 Å². The highest BCUT2D eigenvalue weighted by Crippen LogP contribution is 2.18. The minimum Gasteiger partial charge on any atom is -0.494 e. The molecule has 0 aliphatic carbocycles. The Balaban J connectivity index is 2.53. The Morgan fingerprint density at radius 3 is 2.40 bits per heavy atom. The van der Waals surface area contributed by atoms with Gasteiger partial charge in [-0.3, -0.25) is 0 Å². The van der Waals surface area contributed by atoms with Crippen LogP contribution in [-0.2, 0) is 0 Å². The fourth-order valence-electron chi connectivity index (χ4n) is 1.06. The second-order valence-electron chi connectivity index (χ2n) is 3.21. The number of nitriles is 1. The highest BCUT2D eigenvalue weighted by atomic mass is 16.5. The van der Waals surface area contributed by atoms with E-state index in [1.54, 1.807) is 19.1 Å². The topological polar surface area (TPSA) is 42.2 Å². The van der Waals surface area contributed by atoms with Crippen molar-refractivity contribution in [2.24, 2.45) is 0 Å². The van der Waals surface area contributed by atoms with E-state index in [0.29, 0.717) is 5.75 Å². The summed E-state index contributed by atoms with van der Waals surface area (Å²) in [5.74, 6) is 1.52. The van der Waals surface area contributed by atoms with Gasteiger partial charge in [-0.2, -0.15) is 5.26 Å². The first kappa shape index (κ1) is 11.4. The monoisotopic (exact) mass is 205 g/mol. The lowest BCUT2D eigenvalue weighted by Gasteiger charge is -2.08. The Kier molecular flexibility index (Phi) is 4.49. The standard InChI is InChI=1S/C12H15NO2/c1-3-8-14-11-4-6-12(7-5-11)15-10(2)9-13/h4-7,10H,3,8H2,1-2H3.